The normalized spacial score (nSPS) is 10.7. The van der Waals surface area contributed by atoms with Gasteiger partial charge in [0.1, 0.15) is 0 Å². The smallest absolute Gasteiger partial charge is 0.173 e. The van der Waals surface area contributed by atoms with Crippen molar-refractivity contribution in [3.63, 3.8) is 0 Å². The van der Waals surface area contributed by atoms with E-state index in [1.807, 2.05) is 19.1 Å². The Hall–Kier alpha value is -2.00. The van der Waals surface area contributed by atoms with Gasteiger partial charge in [-0.3, -0.25) is 0 Å². The van der Waals surface area contributed by atoms with Crippen LogP contribution in [0.1, 0.15) is 11.1 Å². The van der Waals surface area contributed by atoms with Gasteiger partial charge in [-0.05, 0) is 23.1 Å². The van der Waals surface area contributed by atoms with E-state index in [2.05, 4.69) is 15.2 Å². The second-order valence-corrected chi connectivity index (χ2v) is 2.43. The van der Waals surface area contributed by atoms with Crippen LogP contribution in [0.5, 0.6) is 0 Å². The highest BCUT2D eigenvalue weighted by molar-refractivity contribution is 6.00. The summed E-state index contributed by atoms with van der Waals surface area (Å²) < 4.78 is 0. The number of oxime groups is 1. The molecule has 0 aromatic heterocycles. The summed E-state index contributed by atoms with van der Waals surface area (Å²) in [5.41, 5.74) is 9.71. The summed E-state index contributed by atoms with van der Waals surface area (Å²) in [4.78, 5) is 2.56. The average Bonchev–Trinajstić information content (AvgIpc) is 2.16. The summed E-state index contributed by atoms with van der Waals surface area (Å²) in [5.74, 6) is -0.0133. The van der Waals surface area contributed by atoms with Crippen molar-refractivity contribution in [3.05, 3.63) is 45.8 Å². The lowest BCUT2D eigenvalue weighted by Gasteiger charge is -2.00. The standard InChI is InChI=1S/C8H8N4O/c1-6-4-2-3-5-7(6)8(11-13)10-12-9/h2-5,13H,1H3/b11-8-. The van der Waals surface area contributed by atoms with Crippen molar-refractivity contribution < 1.29 is 5.21 Å². The third-order valence-electron chi connectivity index (χ3n) is 1.62. The fourth-order valence-corrected chi connectivity index (χ4v) is 0.994. The number of amidine groups is 1. The number of nitrogens with zero attached hydrogens (tertiary/aromatic N) is 4. The van der Waals surface area contributed by atoms with Gasteiger partial charge in [-0.15, -0.1) is 0 Å². The first-order valence-corrected chi connectivity index (χ1v) is 3.62. The Labute approximate surface area is 74.9 Å². The maximum atomic E-state index is 8.56. The third-order valence-corrected chi connectivity index (χ3v) is 1.62. The van der Waals surface area contributed by atoms with E-state index in [0.29, 0.717) is 5.56 Å². The molecule has 0 radical (unpaired) electrons. The Balaban J connectivity index is 3.20. The van der Waals surface area contributed by atoms with Gasteiger partial charge in [0, 0.05) is 10.5 Å². The van der Waals surface area contributed by atoms with Crippen LogP contribution in [-0.4, -0.2) is 11.0 Å². The van der Waals surface area contributed by atoms with E-state index in [1.165, 1.54) is 0 Å². The van der Waals surface area contributed by atoms with Crippen molar-refractivity contribution in [1.82, 2.24) is 0 Å². The molecule has 5 heteroatoms. The van der Waals surface area contributed by atoms with Crippen LogP contribution in [0.15, 0.2) is 34.5 Å². The zero-order valence-electron chi connectivity index (χ0n) is 7.05. The molecule has 0 amide bonds. The number of benzene rings is 1. The SMILES string of the molecule is Cc1ccccc1/C(N=[N+]=[N-])=N/O. The number of azide groups is 1. The molecule has 0 fully saturated rings. The van der Waals surface area contributed by atoms with Gasteiger partial charge in [0.25, 0.3) is 0 Å². The molecule has 13 heavy (non-hydrogen) atoms. The maximum Gasteiger partial charge on any atom is 0.173 e. The van der Waals surface area contributed by atoms with E-state index in [9.17, 15) is 0 Å². The van der Waals surface area contributed by atoms with Gasteiger partial charge in [-0.2, -0.15) is 0 Å². The molecule has 0 unspecified atom stereocenters. The second kappa shape index (κ2) is 4.13. The summed E-state index contributed by atoms with van der Waals surface area (Å²) >= 11 is 0. The van der Waals surface area contributed by atoms with Gasteiger partial charge in [0.05, 0.1) is 0 Å². The fraction of sp³-hybridized carbons (Fsp3) is 0.125. The van der Waals surface area contributed by atoms with Gasteiger partial charge >= 0.3 is 0 Å². The minimum Gasteiger partial charge on any atom is -0.410 e. The average molecular weight is 176 g/mol. The van der Waals surface area contributed by atoms with Crippen LogP contribution in [0.2, 0.25) is 0 Å². The van der Waals surface area contributed by atoms with Gasteiger partial charge in [0.15, 0.2) is 5.84 Å². The van der Waals surface area contributed by atoms with Crippen molar-refractivity contribution in [2.75, 3.05) is 0 Å². The molecule has 0 heterocycles. The number of aryl methyl sites for hydroxylation is 1. The minimum absolute atomic E-state index is 0.0133. The summed E-state index contributed by atoms with van der Waals surface area (Å²) in [6, 6.07) is 7.19. The first kappa shape index (κ1) is 9.09. The molecule has 0 atom stereocenters. The first-order valence-electron chi connectivity index (χ1n) is 3.62. The van der Waals surface area contributed by atoms with E-state index < -0.39 is 0 Å². The predicted octanol–water partition coefficient (Wildman–Crippen LogP) is 2.44. The van der Waals surface area contributed by atoms with Crippen molar-refractivity contribution in [1.29, 1.82) is 0 Å². The number of rotatable bonds is 1. The highest BCUT2D eigenvalue weighted by Gasteiger charge is 2.03. The lowest BCUT2D eigenvalue weighted by atomic mass is 10.1. The van der Waals surface area contributed by atoms with E-state index in [4.69, 9.17) is 10.7 Å². The topological polar surface area (TPSA) is 81.4 Å². The fourth-order valence-electron chi connectivity index (χ4n) is 0.994. The van der Waals surface area contributed by atoms with Crippen LogP contribution >= 0.6 is 0 Å². The number of hydrogen-bond donors (Lipinski definition) is 1. The highest BCUT2D eigenvalue weighted by Crippen LogP contribution is 2.09. The molecule has 0 spiro atoms. The van der Waals surface area contributed by atoms with Gasteiger partial charge in [0.2, 0.25) is 0 Å². The molecule has 0 saturated carbocycles. The van der Waals surface area contributed by atoms with E-state index in [-0.39, 0.29) is 5.84 Å². The Morgan fingerprint density at radius 1 is 1.46 bits per heavy atom. The van der Waals surface area contributed by atoms with Crippen LogP contribution in [0.3, 0.4) is 0 Å². The Kier molecular flexibility index (Phi) is 2.89. The molecule has 66 valence electrons. The van der Waals surface area contributed by atoms with Gasteiger partial charge < -0.3 is 5.21 Å². The Morgan fingerprint density at radius 3 is 2.69 bits per heavy atom. The van der Waals surface area contributed by atoms with E-state index >= 15 is 0 Å². The monoisotopic (exact) mass is 176 g/mol. The van der Waals surface area contributed by atoms with Crippen molar-refractivity contribution in [3.8, 4) is 0 Å². The molecule has 0 aliphatic carbocycles. The Morgan fingerprint density at radius 2 is 2.15 bits per heavy atom. The van der Waals surface area contributed by atoms with Crippen LogP contribution < -0.4 is 0 Å². The summed E-state index contributed by atoms with van der Waals surface area (Å²) in [6.07, 6.45) is 0. The summed E-state index contributed by atoms with van der Waals surface area (Å²) in [7, 11) is 0. The minimum atomic E-state index is -0.0133. The molecule has 0 saturated heterocycles. The largest absolute Gasteiger partial charge is 0.410 e. The van der Waals surface area contributed by atoms with Crippen LogP contribution in [0.25, 0.3) is 10.4 Å². The summed E-state index contributed by atoms with van der Waals surface area (Å²) in [5, 5.41) is 14.7. The molecule has 1 aromatic rings. The number of hydrogen-bond acceptors (Lipinski definition) is 2. The van der Waals surface area contributed by atoms with E-state index in [1.54, 1.807) is 12.1 Å². The lowest BCUT2D eigenvalue weighted by molar-refractivity contribution is 0.318. The van der Waals surface area contributed by atoms with Crippen molar-refractivity contribution in [2.24, 2.45) is 10.3 Å². The summed E-state index contributed by atoms with van der Waals surface area (Å²) in [6.45, 7) is 1.84. The molecular formula is C8H8N4O. The van der Waals surface area contributed by atoms with E-state index in [0.717, 1.165) is 5.56 Å². The van der Waals surface area contributed by atoms with Crippen LogP contribution in [0, 0.1) is 6.92 Å². The van der Waals surface area contributed by atoms with Crippen molar-refractivity contribution >= 4 is 5.84 Å². The molecule has 5 nitrogen and oxygen atoms in total. The van der Waals surface area contributed by atoms with Crippen LogP contribution in [-0.2, 0) is 0 Å². The Bertz CT molecular complexity index is 379. The molecule has 1 N–H and O–H groups in total. The first-order chi connectivity index (χ1) is 6.29. The van der Waals surface area contributed by atoms with Gasteiger partial charge in [-0.25, -0.2) is 0 Å². The maximum absolute atomic E-state index is 8.56. The zero-order chi connectivity index (χ0) is 9.68. The quantitative estimate of drug-likeness (QED) is 0.133. The molecule has 1 aromatic carbocycles. The zero-order valence-corrected chi connectivity index (χ0v) is 7.05. The molecule has 0 bridgehead atoms. The lowest BCUT2D eigenvalue weighted by Crippen LogP contribution is -1.98. The van der Waals surface area contributed by atoms with Crippen LogP contribution in [0.4, 0.5) is 0 Å². The molecule has 0 aliphatic heterocycles. The highest BCUT2D eigenvalue weighted by atomic mass is 16.4. The third kappa shape index (κ3) is 1.98. The van der Waals surface area contributed by atoms with Crippen molar-refractivity contribution in [2.45, 2.75) is 6.92 Å². The second-order valence-electron chi connectivity index (χ2n) is 2.43. The molecule has 1 rings (SSSR count). The predicted molar refractivity (Wildman–Crippen MR) is 48.6 cm³/mol. The molecule has 0 aliphatic rings. The molecular weight excluding hydrogens is 168 g/mol. The van der Waals surface area contributed by atoms with Gasteiger partial charge in [-0.1, -0.05) is 29.4 Å².